The molecule has 36 heavy (non-hydrogen) atoms. The molecule has 1 amide bonds. The Morgan fingerprint density at radius 1 is 1.19 bits per heavy atom. The molecule has 0 fully saturated rings. The third-order valence-electron chi connectivity index (χ3n) is 5.54. The van der Waals surface area contributed by atoms with E-state index in [9.17, 15) is 18.0 Å². The summed E-state index contributed by atoms with van der Waals surface area (Å²) >= 11 is 3.40. The molecule has 1 atom stereocenters. The van der Waals surface area contributed by atoms with Gasteiger partial charge in [0.25, 0.3) is 15.6 Å². The van der Waals surface area contributed by atoms with Gasteiger partial charge >= 0.3 is 0 Å². The minimum atomic E-state index is -3.92. The fourth-order valence-corrected chi connectivity index (χ4v) is 4.87. The molecule has 0 saturated heterocycles. The van der Waals surface area contributed by atoms with Crippen LogP contribution in [0.2, 0.25) is 0 Å². The average molecular weight is 571 g/mol. The van der Waals surface area contributed by atoms with Crippen LogP contribution in [0.4, 0.5) is 0 Å². The molecular formula is C25H23BrN4O5S. The van der Waals surface area contributed by atoms with Gasteiger partial charge in [-0.25, -0.2) is 18.1 Å². The first-order chi connectivity index (χ1) is 17.1. The van der Waals surface area contributed by atoms with Crippen molar-refractivity contribution < 1.29 is 17.6 Å². The first kappa shape index (κ1) is 25.5. The number of carbonyl (C=O) groups excluding carboxylic acids is 1. The molecule has 0 radical (unpaired) electrons. The molecule has 0 aliphatic rings. The lowest BCUT2D eigenvalue weighted by Gasteiger charge is -2.13. The average Bonchev–Trinajstić information content (AvgIpc) is 3.31. The molecule has 11 heteroatoms. The van der Waals surface area contributed by atoms with Crippen molar-refractivity contribution in [2.75, 3.05) is 0 Å². The lowest BCUT2D eigenvalue weighted by atomic mass is 10.1. The van der Waals surface area contributed by atoms with E-state index >= 15 is 0 Å². The van der Waals surface area contributed by atoms with Gasteiger partial charge in [-0.2, -0.15) is 9.78 Å². The van der Waals surface area contributed by atoms with Crippen molar-refractivity contribution in [2.24, 2.45) is 5.10 Å². The second kappa shape index (κ2) is 10.2. The quantitative estimate of drug-likeness (QED) is 0.323. The molecule has 2 aromatic carbocycles. The molecule has 2 heterocycles. The number of nitrogens with zero attached hydrogens (tertiary/aromatic N) is 3. The number of nitrogens with one attached hydrogen (secondary N) is 1. The van der Waals surface area contributed by atoms with E-state index in [0.29, 0.717) is 33.8 Å². The number of rotatable bonds is 7. The molecule has 0 aliphatic carbocycles. The summed E-state index contributed by atoms with van der Waals surface area (Å²) in [5.41, 5.74) is 0.955. The van der Waals surface area contributed by atoms with Gasteiger partial charge in [-0.3, -0.25) is 9.59 Å². The van der Waals surface area contributed by atoms with Crippen LogP contribution < -0.4 is 10.3 Å². The lowest BCUT2D eigenvalue weighted by Crippen LogP contribution is -2.28. The largest absolute Gasteiger partial charge is 0.455 e. The van der Waals surface area contributed by atoms with Gasteiger partial charge in [-0.15, -0.1) is 0 Å². The Labute approximate surface area is 216 Å². The van der Waals surface area contributed by atoms with E-state index in [0.717, 1.165) is 17.8 Å². The Morgan fingerprint density at radius 3 is 2.58 bits per heavy atom. The van der Waals surface area contributed by atoms with Gasteiger partial charge in [-0.1, -0.05) is 29.8 Å². The first-order valence-corrected chi connectivity index (χ1v) is 13.4. The van der Waals surface area contributed by atoms with E-state index in [2.05, 4.69) is 26.0 Å². The molecule has 2 aromatic heterocycles. The second-order valence-electron chi connectivity index (χ2n) is 8.19. The Balaban J connectivity index is 1.66. The SMILES string of the molecule is CC[C@@H](C)c1nc2ccc(Br)cc2c(=O)n1N=Cc1ccc(-c2ccc(S(=O)(=O)NC(C)=O)cc2)o1. The van der Waals surface area contributed by atoms with Gasteiger partial charge in [0.2, 0.25) is 5.91 Å². The van der Waals surface area contributed by atoms with Crippen molar-refractivity contribution in [3.63, 3.8) is 0 Å². The Morgan fingerprint density at radius 2 is 1.92 bits per heavy atom. The van der Waals surface area contributed by atoms with Crippen LogP contribution in [0.3, 0.4) is 0 Å². The van der Waals surface area contributed by atoms with Gasteiger partial charge in [0.15, 0.2) is 0 Å². The minimum absolute atomic E-state index is 0.00217. The zero-order valence-corrected chi connectivity index (χ0v) is 22.1. The number of sulfonamides is 1. The van der Waals surface area contributed by atoms with Crippen molar-refractivity contribution in [3.05, 3.63) is 81.0 Å². The summed E-state index contributed by atoms with van der Waals surface area (Å²) in [6, 6.07) is 14.7. The molecule has 0 spiro atoms. The van der Waals surface area contributed by atoms with Gasteiger partial charge in [0.05, 0.1) is 22.0 Å². The summed E-state index contributed by atoms with van der Waals surface area (Å²) in [7, 11) is -3.92. The van der Waals surface area contributed by atoms with Crippen LogP contribution in [-0.2, 0) is 14.8 Å². The maximum Gasteiger partial charge on any atom is 0.282 e. The number of carbonyl (C=O) groups is 1. The van der Waals surface area contributed by atoms with E-state index in [1.807, 2.05) is 24.6 Å². The Hall–Kier alpha value is -3.57. The summed E-state index contributed by atoms with van der Waals surface area (Å²) in [6.45, 7) is 5.13. The summed E-state index contributed by atoms with van der Waals surface area (Å²) in [5.74, 6) is 0.767. The summed E-state index contributed by atoms with van der Waals surface area (Å²) in [5, 5.41) is 4.84. The fraction of sp³-hybridized carbons (Fsp3) is 0.200. The van der Waals surface area contributed by atoms with Crippen LogP contribution in [-0.4, -0.2) is 30.2 Å². The molecule has 0 aliphatic heterocycles. The van der Waals surface area contributed by atoms with Gasteiger partial charge < -0.3 is 4.42 Å². The van der Waals surface area contributed by atoms with Crippen molar-refractivity contribution >= 4 is 49.0 Å². The van der Waals surface area contributed by atoms with E-state index in [1.165, 1.54) is 23.0 Å². The maximum atomic E-state index is 13.2. The number of aromatic nitrogens is 2. The van der Waals surface area contributed by atoms with E-state index in [4.69, 9.17) is 4.42 Å². The highest BCUT2D eigenvalue weighted by molar-refractivity contribution is 9.10. The molecule has 186 valence electrons. The zero-order chi connectivity index (χ0) is 26.0. The number of benzene rings is 2. The van der Waals surface area contributed by atoms with Crippen molar-refractivity contribution in [3.8, 4) is 11.3 Å². The van der Waals surface area contributed by atoms with Gasteiger partial charge in [-0.05, 0) is 61.0 Å². The van der Waals surface area contributed by atoms with Gasteiger partial charge in [0.1, 0.15) is 17.3 Å². The van der Waals surface area contributed by atoms with Crippen LogP contribution in [0, 0.1) is 0 Å². The monoisotopic (exact) mass is 570 g/mol. The number of fused-ring (bicyclic) bond motifs is 1. The number of amides is 1. The molecule has 1 N–H and O–H groups in total. The van der Waals surface area contributed by atoms with E-state index in [1.54, 1.807) is 36.4 Å². The third kappa shape index (κ3) is 5.31. The number of halogens is 1. The number of furan rings is 1. The lowest BCUT2D eigenvalue weighted by molar-refractivity contribution is -0.117. The third-order valence-corrected chi connectivity index (χ3v) is 7.48. The summed E-state index contributed by atoms with van der Waals surface area (Å²) in [6.07, 6.45) is 2.22. The first-order valence-electron chi connectivity index (χ1n) is 11.1. The van der Waals surface area contributed by atoms with Crippen molar-refractivity contribution in [1.29, 1.82) is 0 Å². The Kier molecular flexibility index (Phi) is 7.23. The predicted octanol–water partition coefficient (Wildman–Crippen LogP) is 4.64. The summed E-state index contributed by atoms with van der Waals surface area (Å²) in [4.78, 5) is 29.0. The Bertz CT molecular complexity index is 1640. The predicted molar refractivity (Wildman–Crippen MR) is 141 cm³/mol. The van der Waals surface area contributed by atoms with Crippen LogP contribution in [0.5, 0.6) is 0 Å². The second-order valence-corrected chi connectivity index (χ2v) is 10.8. The molecule has 0 bridgehead atoms. The van der Waals surface area contributed by atoms with Crippen LogP contribution in [0.1, 0.15) is 44.7 Å². The maximum absolute atomic E-state index is 13.2. The van der Waals surface area contributed by atoms with Crippen LogP contribution in [0.15, 0.2) is 78.3 Å². The molecule has 4 rings (SSSR count). The smallest absolute Gasteiger partial charge is 0.282 e. The standard InChI is InChI=1S/C25H23BrN4O5S/c1-4-15(2)24-28-22-11-7-18(26)13-21(22)25(32)30(24)27-14-19-8-12-23(35-19)17-5-9-20(10-6-17)36(33,34)29-16(3)31/h5-15H,4H2,1-3H3,(H,29,31)/t15-/m1/s1. The molecule has 0 saturated carbocycles. The van der Waals surface area contributed by atoms with E-state index in [-0.39, 0.29) is 16.4 Å². The van der Waals surface area contributed by atoms with Crippen LogP contribution in [0.25, 0.3) is 22.2 Å². The minimum Gasteiger partial charge on any atom is -0.455 e. The highest BCUT2D eigenvalue weighted by Gasteiger charge is 2.17. The molecule has 9 nitrogen and oxygen atoms in total. The number of hydrogen-bond acceptors (Lipinski definition) is 7. The topological polar surface area (TPSA) is 124 Å². The zero-order valence-electron chi connectivity index (χ0n) is 19.7. The number of hydrogen-bond donors (Lipinski definition) is 1. The van der Waals surface area contributed by atoms with Gasteiger partial charge in [0, 0.05) is 22.9 Å². The van der Waals surface area contributed by atoms with Crippen LogP contribution >= 0.6 is 15.9 Å². The van der Waals surface area contributed by atoms with Crippen molar-refractivity contribution in [2.45, 2.75) is 38.0 Å². The van der Waals surface area contributed by atoms with Crippen molar-refractivity contribution in [1.82, 2.24) is 14.4 Å². The molecule has 0 unspecified atom stereocenters. The highest BCUT2D eigenvalue weighted by atomic mass is 79.9. The fourth-order valence-electron chi connectivity index (χ4n) is 3.52. The van der Waals surface area contributed by atoms with E-state index < -0.39 is 15.9 Å². The summed E-state index contributed by atoms with van der Waals surface area (Å²) < 4.78 is 34.1. The molecular weight excluding hydrogens is 548 g/mol. The highest BCUT2D eigenvalue weighted by Crippen LogP contribution is 2.24. The normalized spacial score (nSPS) is 12.8. The molecule has 4 aromatic rings.